The molecule has 106 valence electrons. The highest BCUT2D eigenvalue weighted by molar-refractivity contribution is 5.96. The minimum Gasteiger partial charge on any atom is -0.481 e. The molecule has 0 bridgehead atoms. The Kier molecular flexibility index (Phi) is 4.02. The number of carboxylic acid groups (broad SMARTS) is 1. The lowest BCUT2D eigenvalue weighted by molar-refractivity contribution is -0.137. The molecule has 5 nitrogen and oxygen atoms in total. The Morgan fingerprint density at radius 1 is 1.40 bits per heavy atom. The molecule has 0 fully saturated rings. The number of rotatable bonds is 5. The number of hydrogen-bond donors (Lipinski definition) is 2. The third-order valence-corrected chi connectivity index (χ3v) is 2.87. The molecule has 2 aromatic rings. The predicted octanol–water partition coefficient (Wildman–Crippen LogP) is 2.56. The fraction of sp³-hybridized carbons (Fsp3) is 0.286. The molecule has 0 aliphatic heterocycles. The SMILES string of the molecule is C[C@H](CCC(=O)O)NC(=O)c1cc2cc(F)ccc2o1. The highest BCUT2D eigenvalue weighted by atomic mass is 19.1. The quantitative estimate of drug-likeness (QED) is 0.881. The number of benzene rings is 1. The van der Waals surface area contributed by atoms with E-state index in [1.54, 1.807) is 6.92 Å². The summed E-state index contributed by atoms with van der Waals surface area (Å²) in [5.41, 5.74) is 0.426. The Morgan fingerprint density at radius 2 is 2.15 bits per heavy atom. The van der Waals surface area contributed by atoms with Crippen molar-refractivity contribution >= 4 is 22.8 Å². The number of carboxylic acids is 1. The summed E-state index contributed by atoms with van der Waals surface area (Å²) in [5.74, 6) is -1.68. The van der Waals surface area contributed by atoms with Gasteiger partial charge in [-0.1, -0.05) is 0 Å². The van der Waals surface area contributed by atoms with Crippen LogP contribution in [0, 0.1) is 5.82 Å². The maximum Gasteiger partial charge on any atom is 0.303 e. The minimum absolute atomic E-state index is 0.0210. The summed E-state index contributed by atoms with van der Waals surface area (Å²) < 4.78 is 18.4. The van der Waals surface area contributed by atoms with Crippen molar-refractivity contribution in [2.45, 2.75) is 25.8 Å². The first kappa shape index (κ1) is 14.0. The van der Waals surface area contributed by atoms with Gasteiger partial charge in [0.2, 0.25) is 0 Å². The smallest absolute Gasteiger partial charge is 0.303 e. The third kappa shape index (κ3) is 3.34. The molecule has 0 aliphatic carbocycles. The summed E-state index contributed by atoms with van der Waals surface area (Å²) in [5, 5.41) is 11.7. The van der Waals surface area contributed by atoms with Crippen LogP contribution in [0.25, 0.3) is 11.0 Å². The Labute approximate surface area is 114 Å². The van der Waals surface area contributed by atoms with Gasteiger partial charge in [-0.15, -0.1) is 0 Å². The molecule has 0 aliphatic rings. The van der Waals surface area contributed by atoms with Gasteiger partial charge >= 0.3 is 5.97 Å². The first-order valence-corrected chi connectivity index (χ1v) is 6.17. The molecular formula is C14H14FNO4. The number of hydrogen-bond acceptors (Lipinski definition) is 3. The summed E-state index contributed by atoms with van der Waals surface area (Å²) >= 11 is 0. The van der Waals surface area contributed by atoms with Gasteiger partial charge in [-0.3, -0.25) is 9.59 Å². The van der Waals surface area contributed by atoms with Gasteiger partial charge in [-0.05, 0) is 37.6 Å². The monoisotopic (exact) mass is 279 g/mol. The van der Waals surface area contributed by atoms with Gasteiger partial charge in [0.15, 0.2) is 5.76 Å². The van der Waals surface area contributed by atoms with E-state index in [9.17, 15) is 14.0 Å². The van der Waals surface area contributed by atoms with E-state index in [1.807, 2.05) is 0 Å². The average molecular weight is 279 g/mol. The van der Waals surface area contributed by atoms with Gasteiger partial charge in [0.1, 0.15) is 11.4 Å². The van der Waals surface area contributed by atoms with Crippen LogP contribution >= 0.6 is 0 Å². The maximum atomic E-state index is 13.0. The number of carbonyl (C=O) groups excluding carboxylic acids is 1. The molecule has 1 heterocycles. The minimum atomic E-state index is -0.912. The fourth-order valence-electron chi connectivity index (χ4n) is 1.83. The first-order chi connectivity index (χ1) is 9.45. The van der Waals surface area contributed by atoms with Crippen LogP contribution in [0.1, 0.15) is 30.3 Å². The average Bonchev–Trinajstić information content (AvgIpc) is 2.79. The van der Waals surface area contributed by atoms with Crippen molar-refractivity contribution in [3.63, 3.8) is 0 Å². The summed E-state index contributed by atoms with van der Waals surface area (Å²) in [6.07, 6.45) is 0.308. The zero-order valence-electron chi connectivity index (χ0n) is 10.9. The zero-order chi connectivity index (χ0) is 14.7. The molecule has 20 heavy (non-hydrogen) atoms. The number of halogens is 1. The number of carbonyl (C=O) groups is 2. The van der Waals surface area contributed by atoms with Gasteiger partial charge in [-0.25, -0.2) is 4.39 Å². The lowest BCUT2D eigenvalue weighted by Crippen LogP contribution is -2.32. The third-order valence-electron chi connectivity index (χ3n) is 2.87. The highest BCUT2D eigenvalue weighted by Crippen LogP contribution is 2.20. The van der Waals surface area contributed by atoms with Crippen molar-refractivity contribution < 1.29 is 23.5 Å². The molecule has 1 amide bonds. The van der Waals surface area contributed by atoms with Gasteiger partial charge in [0.05, 0.1) is 0 Å². The van der Waals surface area contributed by atoms with Gasteiger partial charge in [-0.2, -0.15) is 0 Å². The highest BCUT2D eigenvalue weighted by Gasteiger charge is 2.15. The molecule has 2 N–H and O–H groups in total. The second-order valence-electron chi connectivity index (χ2n) is 4.60. The van der Waals surface area contributed by atoms with Crippen molar-refractivity contribution in [3.8, 4) is 0 Å². The van der Waals surface area contributed by atoms with Gasteiger partial charge in [0.25, 0.3) is 5.91 Å². The second-order valence-corrected chi connectivity index (χ2v) is 4.60. The van der Waals surface area contributed by atoms with Crippen molar-refractivity contribution in [2.75, 3.05) is 0 Å². The molecule has 0 unspecified atom stereocenters. The van der Waals surface area contributed by atoms with Crippen LogP contribution < -0.4 is 5.32 Å². The number of aliphatic carboxylic acids is 1. The van der Waals surface area contributed by atoms with E-state index in [2.05, 4.69) is 5.32 Å². The zero-order valence-corrected chi connectivity index (χ0v) is 10.9. The second kappa shape index (κ2) is 5.73. The largest absolute Gasteiger partial charge is 0.481 e. The molecular weight excluding hydrogens is 265 g/mol. The predicted molar refractivity (Wildman–Crippen MR) is 70.0 cm³/mol. The number of furan rings is 1. The number of amides is 1. The van der Waals surface area contributed by atoms with Gasteiger partial charge < -0.3 is 14.8 Å². The van der Waals surface area contributed by atoms with Gasteiger partial charge in [0, 0.05) is 17.8 Å². The molecule has 0 saturated heterocycles. The van der Waals surface area contributed by atoms with E-state index in [0.29, 0.717) is 17.4 Å². The maximum absolute atomic E-state index is 13.0. The molecule has 1 aromatic heterocycles. The molecule has 1 atom stereocenters. The Morgan fingerprint density at radius 3 is 2.85 bits per heavy atom. The van der Waals surface area contributed by atoms with Crippen LogP contribution in [0.3, 0.4) is 0 Å². The Balaban J connectivity index is 2.05. The van der Waals surface area contributed by atoms with E-state index in [1.165, 1.54) is 24.3 Å². The Bertz CT molecular complexity index is 650. The molecule has 0 radical (unpaired) electrons. The van der Waals surface area contributed by atoms with Crippen molar-refractivity contribution in [1.82, 2.24) is 5.32 Å². The van der Waals surface area contributed by atoms with Crippen LogP contribution in [-0.4, -0.2) is 23.0 Å². The molecule has 1 aromatic carbocycles. The van der Waals surface area contributed by atoms with E-state index in [4.69, 9.17) is 9.52 Å². The van der Waals surface area contributed by atoms with E-state index < -0.39 is 17.7 Å². The number of nitrogens with one attached hydrogen (secondary N) is 1. The molecule has 0 spiro atoms. The van der Waals surface area contributed by atoms with Crippen LogP contribution in [0.2, 0.25) is 0 Å². The lowest BCUT2D eigenvalue weighted by atomic mass is 10.2. The summed E-state index contributed by atoms with van der Waals surface area (Å²) in [4.78, 5) is 22.4. The van der Waals surface area contributed by atoms with E-state index in [0.717, 1.165) is 0 Å². The van der Waals surface area contributed by atoms with Crippen LogP contribution in [-0.2, 0) is 4.79 Å². The van der Waals surface area contributed by atoms with E-state index in [-0.39, 0.29) is 18.2 Å². The lowest BCUT2D eigenvalue weighted by Gasteiger charge is -2.10. The normalized spacial score (nSPS) is 12.3. The summed E-state index contributed by atoms with van der Waals surface area (Å²) in [7, 11) is 0. The molecule has 6 heteroatoms. The van der Waals surface area contributed by atoms with Crippen LogP contribution in [0.5, 0.6) is 0 Å². The molecule has 0 saturated carbocycles. The first-order valence-electron chi connectivity index (χ1n) is 6.17. The van der Waals surface area contributed by atoms with Crippen molar-refractivity contribution in [3.05, 3.63) is 35.8 Å². The fourth-order valence-corrected chi connectivity index (χ4v) is 1.83. The molecule has 2 rings (SSSR count). The topological polar surface area (TPSA) is 79.5 Å². The number of fused-ring (bicyclic) bond motifs is 1. The van der Waals surface area contributed by atoms with Crippen molar-refractivity contribution in [1.29, 1.82) is 0 Å². The summed E-state index contributed by atoms with van der Waals surface area (Å²) in [6.45, 7) is 1.71. The van der Waals surface area contributed by atoms with Crippen LogP contribution in [0.15, 0.2) is 28.7 Å². The standard InChI is InChI=1S/C14H14FNO4/c1-8(2-5-13(17)18)16-14(19)12-7-9-6-10(15)3-4-11(9)20-12/h3-4,6-8H,2,5H2,1H3,(H,16,19)(H,17,18)/t8-/m1/s1. The van der Waals surface area contributed by atoms with Crippen LogP contribution in [0.4, 0.5) is 4.39 Å². The Hall–Kier alpha value is -2.37. The summed E-state index contributed by atoms with van der Waals surface area (Å²) in [6, 6.07) is 5.16. The van der Waals surface area contributed by atoms with E-state index >= 15 is 0 Å². The van der Waals surface area contributed by atoms with Crippen molar-refractivity contribution in [2.24, 2.45) is 0 Å².